The molecular formula is C15H17F2NO4. The van der Waals surface area contributed by atoms with Crippen LogP contribution in [0.1, 0.15) is 17.9 Å². The van der Waals surface area contributed by atoms with E-state index in [0.717, 1.165) is 12.1 Å². The van der Waals surface area contributed by atoms with Gasteiger partial charge in [0.1, 0.15) is 11.6 Å². The van der Waals surface area contributed by atoms with Crippen LogP contribution < -0.4 is 0 Å². The average molecular weight is 313 g/mol. The predicted octanol–water partition coefficient (Wildman–Crippen LogP) is 1.63. The molecule has 1 aliphatic heterocycles. The second kappa shape index (κ2) is 6.83. The van der Waals surface area contributed by atoms with Crippen molar-refractivity contribution in [2.45, 2.75) is 12.3 Å². The Kier molecular flexibility index (Phi) is 5.07. The van der Waals surface area contributed by atoms with E-state index in [1.54, 1.807) is 4.90 Å². The van der Waals surface area contributed by atoms with E-state index in [-0.39, 0.29) is 18.5 Å². The monoisotopic (exact) mass is 313 g/mol. The molecule has 5 nitrogen and oxygen atoms in total. The van der Waals surface area contributed by atoms with E-state index in [0.29, 0.717) is 13.1 Å². The Bertz CT molecular complexity index is 579. The number of nitrogens with zero attached hydrogens (tertiary/aromatic N) is 1. The van der Waals surface area contributed by atoms with Crippen molar-refractivity contribution in [3.8, 4) is 0 Å². The Morgan fingerprint density at radius 1 is 1.36 bits per heavy atom. The molecule has 0 saturated carbocycles. The Labute approximate surface area is 126 Å². The summed E-state index contributed by atoms with van der Waals surface area (Å²) < 4.78 is 31.8. The lowest BCUT2D eigenvalue weighted by atomic mass is 9.88. The molecule has 1 N–H and O–H groups in total. The lowest BCUT2D eigenvalue weighted by Crippen LogP contribution is -2.26. The number of carbonyl (C=O) groups is 2. The molecule has 2 rings (SSSR count). The van der Waals surface area contributed by atoms with Crippen molar-refractivity contribution < 1.29 is 28.2 Å². The molecule has 1 heterocycles. The zero-order valence-corrected chi connectivity index (χ0v) is 12.1. The highest BCUT2D eigenvalue weighted by Gasteiger charge is 2.40. The second-order valence-electron chi connectivity index (χ2n) is 5.31. The number of halogens is 2. The Morgan fingerprint density at radius 2 is 2.09 bits per heavy atom. The van der Waals surface area contributed by atoms with E-state index in [4.69, 9.17) is 9.84 Å². The number of carbonyl (C=O) groups excluding carboxylic acids is 1. The van der Waals surface area contributed by atoms with Gasteiger partial charge < -0.3 is 14.7 Å². The zero-order chi connectivity index (χ0) is 16.3. The fraction of sp³-hybridized carbons (Fsp3) is 0.467. The number of hydrogen-bond donors (Lipinski definition) is 1. The third kappa shape index (κ3) is 3.59. The maximum atomic E-state index is 14.0. The van der Waals surface area contributed by atoms with E-state index in [9.17, 15) is 18.4 Å². The molecule has 1 saturated heterocycles. The lowest BCUT2D eigenvalue weighted by molar-refractivity contribution is -0.145. The number of methoxy groups -OCH3 is 1. The van der Waals surface area contributed by atoms with E-state index in [1.807, 2.05) is 0 Å². The molecule has 0 aromatic heterocycles. The summed E-state index contributed by atoms with van der Waals surface area (Å²) in [6.07, 6.45) is -0.0630. The highest BCUT2D eigenvalue weighted by Crippen LogP contribution is 2.35. The molecule has 1 aliphatic rings. The molecule has 1 aromatic rings. The maximum Gasteiger partial charge on any atom is 0.310 e. The topological polar surface area (TPSA) is 66.8 Å². The standard InChI is InChI=1S/C15H17F2NO4/c1-22-15(21)12-8-18(5-4-14(19)20)7-11(12)10-3-2-9(16)6-13(10)17/h2-3,6,11-12H,4-5,7-8H2,1H3,(H,19,20)/t11-,12?/m0/s1. The van der Waals surface area contributed by atoms with Crippen LogP contribution in [0.15, 0.2) is 18.2 Å². The number of carboxylic acids is 1. The first-order valence-corrected chi connectivity index (χ1v) is 6.89. The number of aliphatic carboxylic acids is 1. The quantitative estimate of drug-likeness (QED) is 0.837. The van der Waals surface area contributed by atoms with Gasteiger partial charge in [0, 0.05) is 31.6 Å². The molecule has 1 unspecified atom stereocenters. The number of benzene rings is 1. The zero-order valence-electron chi connectivity index (χ0n) is 12.1. The minimum atomic E-state index is -0.939. The van der Waals surface area contributed by atoms with Gasteiger partial charge in [0.15, 0.2) is 0 Å². The molecular weight excluding hydrogens is 296 g/mol. The van der Waals surface area contributed by atoms with E-state index >= 15 is 0 Å². The Hall–Kier alpha value is -2.02. The molecule has 0 aliphatic carbocycles. The van der Waals surface area contributed by atoms with Crippen molar-refractivity contribution in [2.75, 3.05) is 26.7 Å². The third-order valence-corrected chi connectivity index (χ3v) is 3.90. The van der Waals surface area contributed by atoms with Gasteiger partial charge in [0.25, 0.3) is 0 Å². The van der Waals surface area contributed by atoms with Gasteiger partial charge in [-0.1, -0.05) is 6.07 Å². The summed E-state index contributed by atoms with van der Waals surface area (Å²) in [6.45, 7) is 0.888. The van der Waals surface area contributed by atoms with Crippen LogP contribution in [0.5, 0.6) is 0 Å². The molecule has 2 atom stereocenters. The van der Waals surface area contributed by atoms with Crippen LogP contribution in [0, 0.1) is 17.6 Å². The highest BCUT2D eigenvalue weighted by atomic mass is 19.1. The van der Waals surface area contributed by atoms with E-state index < -0.39 is 35.4 Å². The SMILES string of the molecule is COC(=O)C1CN(CCC(=O)O)C[C@H]1c1ccc(F)cc1F. The van der Waals surface area contributed by atoms with Crippen LogP contribution in [0.25, 0.3) is 0 Å². The van der Waals surface area contributed by atoms with Crippen molar-refractivity contribution in [3.05, 3.63) is 35.4 Å². The fourth-order valence-corrected chi connectivity index (χ4v) is 2.83. The minimum absolute atomic E-state index is 0.0630. The largest absolute Gasteiger partial charge is 0.481 e. The molecule has 0 amide bonds. The summed E-state index contributed by atoms with van der Waals surface area (Å²) >= 11 is 0. The first-order chi connectivity index (χ1) is 10.4. The molecule has 0 bridgehead atoms. The maximum absolute atomic E-state index is 14.0. The highest BCUT2D eigenvalue weighted by molar-refractivity contribution is 5.74. The van der Waals surface area contributed by atoms with E-state index in [1.165, 1.54) is 13.2 Å². The number of rotatable bonds is 5. The number of likely N-dealkylation sites (tertiary alicyclic amines) is 1. The van der Waals surface area contributed by atoms with Crippen LogP contribution in [0.3, 0.4) is 0 Å². The molecule has 0 radical (unpaired) electrons. The van der Waals surface area contributed by atoms with Crippen molar-refractivity contribution >= 4 is 11.9 Å². The summed E-state index contributed by atoms with van der Waals surface area (Å²) in [5, 5.41) is 8.73. The molecule has 120 valence electrons. The van der Waals surface area contributed by atoms with Crippen LogP contribution in [-0.2, 0) is 14.3 Å². The first-order valence-electron chi connectivity index (χ1n) is 6.89. The van der Waals surface area contributed by atoms with Crippen LogP contribution in [0.4, 0.5) is 8.78 Å². The average Bonchev–Trinajstić information content (AvgIpc) is 2.88. The van der Waals surface area contributed by atoms with Gasteiger partial charge >= 0.3 is 11.9 Å². The Morgan fingerprint density at radius 3 is 2.68 bits per heavy atom. The molecule has 1 aromatic carbocycles. The molecule has 0 spiro atoms. The van der Waals surface area contributed by atoms with Gasteiger partial charge in [0.2, 0.25) is 0 Å². The van der Waals surface area contributed by atoms with E-state index in [2.05, 4.69) is 0 Å². The predicted molar refractivity (Wildman–Crippen MR) is 73.3 cm³/mol. The van der Waals surface area contributed by atoms with Crippen LogP contribution in [0.2, 0.25) is 0 Å². The van der Waals surface area contributed by atoms with Gasteiger partial charge in [-0.2, -0.15) is 0 Å². The fourth-order valence-electron chi connectivity index (χ4n) is 2.83. The van der Waals surface area contributed by atoms with Gasteiger partial charge in [-0.15, -0.1) is 0 Å². The van der Waals surface area contributed by atoms with Crippen molar-refractivity contribution in [2.24, 2.45) is 5.92 Å². The number of carboxylic acid groups (broad SMARTS) is 1. The minimum Gasteiger partial charge on any atom is -0.481 e. The van der Waals surface area contributed by atoms with Crippen LogP contribution >= 0.6 is 0 Å². The van der Waals surface area contributed by atoms with Crippen molar-refractivity contribution in [1.82, 2.24) is 4.90 Å². The van der Waals surface area contributed by atoms with Gasteiger partial charge in [-0.3, -0.25) is 9.59 Å². The van der Waals surface area contributed by atoms with Gasteiger partial charge in [-0.25, -0.2) is 8.78 Å². The summed E-state index contributed by atoms with van der Waals surface area (Å²) in [4.78, 5) is 24.3. The van der Waals surface area contributed by atoms with Gasteiger partial charge in [-0.05, 0) is 11.6 Å². The second-order valence-corrected chi connectivity index (χ2v) is 5.31. The van der Waals surface area contributed by atoms with Gasteiger partial charge in [0.05, 0.1) is 19.4 Å². The number of hydrogen-bond acceptors (Lipinski definition) is 4. The first kappa shape index (κ1) is 16.4. The summed E-state index contributed by atoms with van der Waals surface area (Å²) in [5.41, 5.74) is 0.245. The third-order valence-electron chi connectivity index (χ3n) is 3.90. The normalized spacial score (nSPS) is 21.8. The lowest BCUT2D eigenvalue weighted by Gasteiger charge is -2.17. The van der Waals surface area contributed by atoms with Crippen molar-refractivity contribution in [1.29, 1.82) is 0 Å². The molecule has 22 heavy (non-hydrogen) atoms. The Balaban J connectivity index is 2.22. The van der Waals surface area contributed by atoms with Crippen molar-refractivity contribution in [3.63, 3.8) is 0 Å². The summed E-state index contributed by atoms with van der Waals surface area (Å²) in [6, 6.07) is 3.25. The smallest absolute Gasteiger partial charge is 0.310 e. The number of esters is 1. The number of ether oxygens (including phenoxy) is 1. The molecule has 7 heteroatoms. The summed E-state index contributed by atoms with van der Waals surface area (Å²) in [7, 11) is 1.25. The summed E-state index contributed by atoms with van der Waals surface area (Å²) in [5.74, 6) is -3.89. The van der Waals surface area contributed by atoms with Crippen LogP contribution in [-0.4, -0.2) is 48.7 Å². The molecule has 1 fully saturated rings.